The molecule has 0 aromatic rings. The summed E-state index contributed by atoms with van der Waals surface area (Å²) < 4.78 is 0. The van der Waals surface area contributed by atoms with E-state index >= 15 is 0 Å². The molecule has 3 rings (SSSR count). The summed E-state index contributed by atoms with van der Waals surface area (Å²) in [6.07, 6.45) is 13.8. The highest BCUT2D eigenvalue weighted by molar-refractivity contribution is 5.29. The van der Waals surface area contributed by atoms with E-state index in [2.05, 4.69) is 60.3 Å². The van der Waals surface area contributed by atoms with Crippen LogP contribution < -0.4 is 0 Å². The maximum absolute atomic E-state index is 10.2. The first-order valence-corrected chi connectivity index (χ1v) is 12.9. The van der Waals surface area contributed by atoms with Gasteiger partial charge in [0.2, 0.25) is 0 Å². The van der Waals surface area contributed by atoms with Gasteiger partial charge in [0.25, 0.3) is 0 Å². The van der Waals surface area contributed by atoms with E-state index in [4.69, 9.17) is 0 Å². The average Bonchev–Trinajstić information content (AvgIpc) is 3.04. The molecule has 0 spiro atoms. The molecule has 0 bridgehead atoms. The first-order valence-electron chi connectivity index (χ1n) is 12.9. The Morgan fingerprint density at radius 2 is 1.74 bits per heavy atom. The van der Waals surface area contributed by atoms with Gasteiger partial charge in [-0.3, -0.25) is 0 Å². The van der Waals surface area contributed by atoms with Crippen LogP contribution in [0.1, 0.15) is 99.3 Å². The molecule has 2 N–H and O–H groups in total. The van der Waals surface area contributed by atoms with E-state index in [1.165, 1.54) is 44.9 Å². The topological polar surface area (TPSA) is 40.5 Å². The largest absolute Gasteiger partial charge is 0.388 e. The van der Waals surface area contributed by atoms with Crippen LogP contribution in [0.5, 0.6) is 0 Å². The SMILES string of the molecule is C=C1[C@H](O)CC(=C/C=C2\CCC[C@@]3(C)C2CCC3[C@H](C)[C@H](C)CCC(C)(C)C)C[C@H]1O. The minimum atomic E-state index is -0.601. The molecule has 0 aromatic heterocycles. The summed E-state index contributed by atoms with van der Waals surface area (Å²) in [6, 6.07) is 0. The van der Waals surface area contributed by atoms with Crippen molar-refractivity contribution in [2.75, 3.05) is 0 Å². The van der Waals surface area contributed by atoms with Crippen molar-refractivity contribution < 1.29 is 10.2 Å². The molecule has 3 fully saturated rings. The van der Waals surface area contributed by atoms with Gasteiger partial charge < -0.3 is 10.2 Å². The second-order valence-corrected chi connectivity index (χ2v) is 12.6. The summed E-state index contributed by atoms with van der Waals surface area (Å²) in [5, 5.41) is 20.3. The Hall–Kier alpha value is -0.860. The van der Waals surface area contributed by atoms with Crippen molar-refractivity contribution in [3.05, 3.63) is 35.5 Å². The van der Waals surface area contributed by atoms with E-state index in [1.807, 2.05) is 0 Å². The summed E-state index contributed by atoms with van der Waals surface area (Å²) in [5.74, 6) is 3.10. The predicted molar refractivity (Wildman–Crippen MR) is 132 cm³/mol. The number of allylic oxidation sites excluding steroid dienone is 3. The lowest BCUT2D eigenvalue weighted by Crippen LogP contribution is -2.37. The fraction of sp³-hybridized carbons (Fsp3) is 0.793. The van der Waals surface area contributed by atoms with Gasteiger partial charge in [-0.25, -0.2) is 0 Å². The third kappa shape index (κ3) is 5.56. The van der Waals surface area contributed by atoms with Crippen molar-refractivity contribution in [3.63, 3.8) is 0 Å². The highest BCUT2D eigenvalue weighted by Crippen LogP contribution is 2.60. The van der Waals surface area contributed by atoms with Gasteiger partial charge in [-0.05, 0) is 97.9 Å². The molecular weight excluding hydrogens is 380 g/mol. The number of hydrogen-bond donors (Lipinski definition) is 2. The number of hydrogen-bond acceptors (Lipinski definition) is 2. The van der Waals surface area contributed by atoms with E-state index in [0.29, 0.717) is 35.2 Å². The molecule has 0 aliphatic heterocycles. The maximum atomic E-state index is 10.2. The van der Waals surface area contributed by atoms with Crippen LogP contribution in [-0.4, -0.2) is 22.4 Å². The number of rotatable bonds is 5. The minimum absolute atomic E-state index is 0.428. The molecule has 7 atom stereocenters. The summed E-state index contributed by atoms with van der Waals surface area (Å²) in [5.41, 5.74) is 4.20. The lowest BCUT2D eigenvalue weighted by molar-refractivity contribution is 0.0714. The van der Waals surface area contributed by atoms with Gasteiger partial charge in [0, 0.05) is 0 Å². The zero-order valence-electron chi connectivity index (χ0n) is 21.1. The second kappa shape index (κ2) is 9.56. The fourth-order valence-electron chi connectivity index (χ4n) is 6.89. The molecule has 0 heterocycles. The smallest absolute Gasteiger partial charge is 0.0809 e. The summed E-state index contributed by atoms with van der Waals surface area (Å²) >= 11 is 0. The Balaban J connectivity index is 1.71. The van der Waals surface area contributed by atoms with Gasteiger partial charge >= 0.3 is 0 Å². The molecule has 0 saturated heterocycles. The third-order valence-corrected chi connectivity index (χ3v) is 9.22. The van der Waals surface area contributed by atoms with Crippen molar-refractivity contribution in [2.24, 2.45) is 34.5 Å². The molecule has 176 valence electrons. The van der Waals surface area contributed by atoms with Crippen molar-refractivity contribution in [3.8, 4) is 0 Å². The summed E-state index contributed by atoms with van der Waals surface area (Å²) in [6.45, 7) is 18.5. The van der Waals surface area contributed by atoms with Crippen LogP contribution in [0.4, 0.5) is 0 Å². The summed E-state index contributed by atoms with van der Waals surface area (Å²) in [7, 11) is 0. The quantitative estimate of drug-likeness (QED) is 0.454. The van der Waals surface area contributed by atoms with Crippen LogP contribution in [0.15, 0.2) is 35.5 Å². The molecule has 2 unspecified atom stereocenters. The zero-order chi connectivity index (χ0) is 23.0. The average molecular weight is 429 g/mol. The highest BCUT2D eigenvalue weighted by Gasteiger charge is 2.51. The van der Waals surface area contributed by atoms with Crippen LogP contribution in [0, 0.1) is 34.5 Å². The molecule has 3 saturated carbocycles. The maximum Gasteiger partial charge on any atom is 0.0809 e. The van der Waals surface area contributed by atoms with Gasteiger partial charge in [0.05, 0.1) is 12.2 Å². The molecule has 3 aliphatic rings. The Labute approximate surface area is 191 Å². The molecule has 0 aromatic carbocycles. The van der Waals surface area contributed by atoms with Crippen molar-refractivity contribution in [2.45, 2.75) is 112 Å². The predicted octanol–water partition coefficient (Wildman–Crippen LogP) is 7.23. The fourth-order valence-corrected chi connectivity index (χ4v) is 6.89. The molecule has 2 nitrogen and oxygen atoms in total. The highest BCUT2D eigenvalue weighted by atomic mass is 16.3. The second-order valence-electron chi connectivity index (χ2n) is 12.6. The van der Waals surface area contributed by atoms with Crippen LogP contribution in [0.2, 0.25) is 0 Å². The van der Waals surface area contributed by atoms with Crippen molar-refractivity contribution in [1.82, 2.24) is 0 Å². The molecular formula is C29H48O2. The van der Waals surface area contributed by atoms with Crippen LogP contribution in [-0.2, 0) is 0 Å². The van der Waals surface area contributed by atoms with Gasteiger partial charge in [0.15, 0.2) is 0 Å². The lowest BCUT2D eigenvalue weighted by Gasteiger charge is -2.45. The van der Waals surface area contributed by atoms with E-state index in [-0.39, 0.29) is 0 Å². The van der Waals surface area contributed by atoms with Crippen molar-refractivity contribution in [1.29, 1.82) is 0 Å². The van der Waals surface area contributed by atoms with Gasteiger partial charge in [-0.2, -0.15) is 0 Å². The van der Waals surface area contributed by atoms with Crippen LogP contribution in [0.3, 0.4) is 0 Å². The summed E-state index contributed by atoms with van der Waals surface area (Å²) in [4.78, 5) is 0. The number of fused-ring (bicyclic) bond motifs is 1. The van der Waals surface area contributed by atoms with Crippen LogP contribution in [0.25, 0.3) is 0 Å². The molecule has 3 aliphatic carbocycles. The van der Waals surface area contributed by atoms with E-state index < -0.39 is 12.2 Å². The van der Waals surface area contributed by atoms with Gasteiger partial charge in [0.1, 0.15) is 0 Å². The standard InChI is InChI=1S/C29H48O2/c1-19(14-16-28(4,5)6)20(2)24-12-13-25-23(9-8-15-29(24,25)7)11-10-22-17-26(30)21(3)27(31)18-22/h10-11,19-20,24-27,30-31H,3,8-9,12-18H2,1-2,4-7H3/b23-11+/t19-,20-,24?,25?,26-,27-,29-/m1/s1. The zero-order valence-corrected chi connectivity index (χ0v) is 21.1. The Morgan fingerprint density at radius 1 is 1.10 bits per heavy atom. The monoisotopic (exact) mass is 428 g/mol. The lowest BCUT2D eigenvalue weighted by atomic mass is 9.59. The van der Waals surface area contributed by atoms with E-state index in [0.717, 1.165) is 23.3 Å². The molecule has 2 heteroatoms. The first-order chi connectivity index (χ1) is 14.4. The number of aliphatic hydroxyl groups excluding tert-OH is 2. The molecule has 0 amide bonds. The van der Waals surface area contributed by atoms with E-state index in [9.17, 15) is 10.2 Å². The van der Waals surface area contributed by atoms with Gasteiger partial charge in [-0.1, -0.05) is 71.4 Å². The minimum Gasteiger partial charge on any atom is -0.388 e. The number of aliphatic hydroxyl groups is 2. The van der Waals surface area contributed by atoms with Gasteiger partial charge in [-0.15, -0.1) is 0 Å². The molecule has 31 heavy (non-hydrogen) atoms. The van der Waals surface area contributed by atoms with E-state index in [1.54, 1.807) is 5.57 Å². The Morgan fingerprint density at radius 3 is 2.35 bits per heavy atom. The third-order valence-electron chi connectivity index (χ3n) is 9.22. The Kier molecular flexibility index (Phi) is 7.64. The molecule has 0 radical (unpaired) electrons. The van der Waals surface area contributed by atoms with Crippen LogP contribution >= 0.6 is 0 Å². The Bertz CT molecular complexity index is 693. The van der Waals surface area contributed by atoms with Crippen molar-refractivity contribution >= 4 is 0 Å². The first kappa shape index (κ1) is 24.8. The normalized spacial score (nSPS) is 37.6.